The van der Waals surface area contributed by atoms with Crippen LogP contribution in [0.5, 0.6) is 0 Å². The summed E-state index contributed by atoms with van der Waals surface area (Å²) in [5.41, 5.74) is 2.60. The highest BCUT2D eigenvalue weighted by Crippen LogP contribution is 2.32. The predicted molar refractivity (Wildman–Crippen MR) is 120 cm³/mol. The number of Topliss-reactive ketones (excluding diaryl/α,β-unsaturated/α-hetero) is 1. The number of amides is 3. The zero-order valence-electron chi connectivity index (χ0n) is 18.4. The number of nitrogens with zero attached hydrogens (tertiary/aromatic N) is 2. The molecule has 0 aliphatic carbocycles. The number of benzene rings is 2. The normalized spacial score (nSPS) is 12.5. The van der Waals surface area contributed by atoms with E-state index in [4.69, 9.17) is 4.42 Å². The van der Waals surface area contributed by atoms with E-state index in [1.54, 1.807) is 6.07 Å². The summed E-state index contributed by atoms with van der Waals surface area (Å²) in [6.07, 6.45) is 0. The van der Waals surface area contributed by atoms with Crippen molar-refractivity contribution in [3.8, 4) is 6.07 Å². The first-order valence-electron chi connectivity index (χ1n) is 10.1. The van der Waals surface area contributed by atoms with Crippen LogP contribution in [0.3, 0.4) is 0 Å². The molecule has 0 atom stereocenters. The lowest BCUT2D eigenvalue weighted by atomic mass is 10.0. The summed E-state index contributed by atoms with van der Waals surface area (Å²) in [5.74, 6) is -1.93. The standard InChI is InChI=1S/C25H19N3O5/c1-12-5-6-13(2)20(9-12)28-24(31)17-8-7-16(10-18(17)25(28)32)22(30)27-23-19(11-26)21(14(3)29)15(4)33-23/h5-10H,1-4H3,(H,27,30). The van der Waals surface area contributed by atoms with Crippen molar-refractivity contribution in [2.24, 2.45) is 0 Å². The Hall–Kier alpha value is -4.51. The Morgan fingerprint density at radius 2 is 1.70 bits per heavy atom. The van der Waals surface area contributed by atoms with E-state index in [2.05, 4.69) is 5.32 Å². The zero-order chi connectivity index (χ0) is 24.0. The molecule has 3 aromatic rings. The van der Waals surface area contributed by atoms with Crippen LogP contribution in [-0.4, -0.2) is 23.5 Å². The highest BCUT2D eigenvalue weighted by molar-refractivity contribution is 6.35. The highest BCUT2D eigenvalue weighted by atomic mass is 16.4. The average Bonchev–Trinajstić information content (AvgIpc) is 3.22. The number of aryl methyl sites for hydroxylation is 3. The Kier molecular flexibility index (Phi) is 5.18. The van der Waals surface area contributed by atoms with Crippen LogP contribution < -0.4 is 10.2 Å². The number of rotatable bonds is 4. The molecule has 0 radical (unpaired) electrons. The molecular weight excluding hydrogens is 422 g/mol. The first kappa shape index (κ1) is 21.7. The van der Waals surface area contributed by atoms with E-state index in [0.717, 1.165) is 16.0 Å². The second kappa shape index (κ2) is 7.88. The number of ketones is 1. The molecule has 0 saturated carbocycles. The van der Waals surface area contributed by atoms with Gasteiger partial charge < -0.3 is 4.42 Å². The van der Waals surface area contributed by atoms with Crippen LogP contribution in [0.2, 0.25) is 0 Å². The second-order valence-electron chi connectivity index (χ2n) is 7.86. The van der Waals surface area contributed by atoms with Gasteiger partial charge in [-0.1, -0.05) is 12.1 Å². The van der Waals surface area contributed by atoms with Crippen molar-refractivity contribution >= 4 is 35.1 Å². The van der Waals surface area contributed by atoms with Crippen molar-refractivity contribution in [1.29, 1.82) is 5.26 Å². The maximum absolute atomic E-state index is 13.1. The highest BCUT2D eigenvalue weighted by Gasteiger charge is 2.38. The smallest absolute Gasteiger partial charge is 0.266 e. The zero-order valence-corrected chi connectivity index (χ0v) is 18.4. The molecule has 4 rings (SSSR count). The molecule has 33 heavy (non-hydrogen) atoms. The van der Waals surface area contributed by atoms with E-state index >= 15 is 0 Å². The van der Waals surface area contributed by atoms with E-state index in [-0.39, 0.29) is 45.2 Å². The third-order valence-electron chi connectivity index (χ3n) is 5.53. The third-order valence-corrected chi connectivity index (χ3v) is 5.53. The number of fused-ring (bicyclic) bond motifs is 1. The van der Waals surface area contributed by atoms with Crippen LogP contribution in [0.15, 0.2) is 40.8 Å². The molecule has 8 heteroatoms. The van der Waals surface area contributed by atoms with Gasteiger partial charge in [0, 0.05) is 5.56 Å². The van der Waals surface area contributed by atoms with Gasteiger partial charge in [0.1, 0.15) is 17.4 Å². The monoisotopic (exact) mass is 441 g/mol. The molecule has 3 amide bonds. The molecule has 0 saturated heterocycles. The maximum atomic E-state index is 13.1. The molecule has 1 N–H and O–H groups in total. The fourth-order valence-electron chi connectivity index (χ4n) is 3.90. The number of furan rings is 1. The fraction of sp³-hybridized carbons (Fsp3) is 0.160. The van der Waals surface area contributed by atoms with Crippen LogP contribution in [0.25, 0.3) is 0 Å². The van der Waals surface area contributed by atoms with Gasteiger partial charge in [0.25, 0.3) is 17.7 Å². The first-order chi connectivity index (χ1) is 15.6. The molecule has 2 aromatic carbocycles. The Morgan fingerprint density at radius 1 is 1.00 bits per heavy atom. The molecule has 0 spiro atoms. The second-order valence-corrected chi connectivity index (χ2v) is 7.86. The van der Waals surface area contributed by atoms with E-state index in [0.29, 0.717) is 5.69 Å². The quantitative estimate of drug-likeness (QED) is 0.475. The molecule has 0 bridgehead atoms. The number of hydrogen-bond acceptors (Lipinski definition) is 6. The summed E-state index contributed by atoms with van der Waals surface area (Å²) in [5, 5.41) is 11.9. The van der Waals surface area contributed by atoms with E-state index in [1.165, 1.54) is 32.0 Å². The van der Waals surface area contributed by atoms with E-state index < -0.39 is 17.7 Å². The van der Waals surface area contributed by atoms with E-state index in [1.807, 2.05) is 32.0 Å². The number of imide groups is 1. The number of carbonyl (C=O) groups is 4. The number of nitriles is 1. The Morgan fingerprint density at radius 3 is 2.36 bits per heavy atom. The number of carbonyl (C=O) groups excluding carboxylic acids is 4. The van der Waals surface area contributed by atoms with Gasteiger partial charge in [-0.05, 0) is 63.1 Å². The van der Waals surface area contributed by atoms with Crippen LogP contribution in [0.4, 0.5) is 11.6 Å². The minimum Gasteiger partial charge on any atom is -0.443 e. The number of nitrogens with one attached hydrogen (secondary N) is 1. The van der Waals surface area contributed by atoms with Gasteiger partial charge >= 0.3 is 0 Å². The predicted octanol–water partition coefficient (Wildman–Crippen LogP) is 4.33. The minimum absolute atomic E-state index is 0.0677. The minimum atomic E-state index is -0.649. The lowest BCUT2D eigenvalue weighted by Crippen LogP contribution is -2.30. The van der Waals surface area contributed by atoms with Crippen LogP contribution >= 0.6 is 0 Å². The van der Waals surface area contributed by atoms with E-state index in [9.17, 15) is 24.4 Å². The summed E-state index contributed by atoms with van der Waals surface area (Å²) < 4.78 is 5.42. The van der Waals surface area contributed by atoms with Crippen molar-refractivity contribution in [3.05, 3.63) is 81.1 Å². The average molecular weight is 441 g/mol. The van der Waals surface area contributed by atoms with Gasteiger partial charge in [0.2, 0.25) is 5.88 Å². The summed E-state index contributed by atoms with van der Waals surface area (Å²) in [6.45, 7) is 6.50. The summed E-state index contributed by atoms with van der Waals surface area (Å²) in [6, 6.07) is 11.5. The van der Waals surface area contributed by atoms with Gasteiger partial charge in [-0.15, -0.1) is 0 Å². The number of anilines is 2. The topological polar surface area (TPSA) is 120 Å². The van der Waals surface area contributed by atoms with Gasteiger partial charge in [-0.2, -0.15) is 5.26 Å². The molecule has 0 fully saturated rings. The SMILES string of the molecule is CC(=O)c1c(C)oc(NC(=O)c2ccc3c(c2)C(=O)N(c2cc(C)ccc2C)C3=O)c1C#N. The maximum Gasteiger partial charge on any atom is 0.266 e. The van der Waals surface area contributed by atoms with Crippen LogP contribution in [-0.2, 0) is 0 Å². The molecule has 2 heterocycles. The summed E-state index contributed by atoms with van der Waals surface area (Å²) in [4.78, 5) is 51.8. The summed E-state index contributed by atoms with van der Waals surface area (Å²) >= 11 is 0. The van der Waals surface area contributed by atoms with Crippen molar-refractivity contribution in [2.75, 3.05) is 10.2 Å². The lowest BCUT2D eigenvalue weighted by molar-refractivity contribution is 0.0923. The molecule has 1 aliphatic heterocycles. The molecule has 164 valence electrons. The van der Waals surface area contributed by atoms with Crippen molar-refractivity contribution < 1.29 is 23.6 Å². The lowest BCUT2D eigenvalue weighted by Gasteiger charge is -2.17. The molecule has 1 aliphatic rings. The van der Waals surface area contributed by atoms with Crippen molar-refractivity contribution in [3.63, 3.8) is 0 Å². The Labute approximate surface area is 189 Å². The van der Waals surface area contributed by atoms with Gasteiger partial charge in [-0.3, -0.25) is 24.5 Å². The number of hydrogen-bond donors (Lipinski definition) is 1. The van der Waals surface area contributed by atoms with Crippen LogP contribution in [0.1, 0.15) is 70.8 Å². The fourth-order valence-corrected chi connectivity index (χ4v) is 3.90. The van der Waals surface area contributed by atoms with Gasteiger partial charge in [-0.25, -0.2) is 4.90 Å². The van der Waals surface area contributed by atoms with Crippen molar-refractivity contribution in [1.82, 2.24) is 0 Å². The Balaban J connectivity index is 1.67. The summed E-state index contributed by atoms with van der Waals surface area (Å²) in [7, 11) is 0. The first-order valence-corrected chi connectivity index (χ1v) is 10.1. The van der Waals surface area contributed by atoms with Crippen molar-refractivity contribution in [2.45, 2.75) is 27.7 Å². The molecule has 1 aromatic heterocycles. The van der Waals surface area contributed by atoms with Gasteiger partial charge in [0.15, 0.2) is 5.78 Å². The molecular formula is C25H19N3O5. The third kappa shape index (κ3) is 3.49. The van der Waals surface area contributed by atoms with Crippen LogP contribution in [0, 0.1) is 32.1 Å². The Bertz CT molecular complexity index is 1420. The molecule has 8 nitrogen and oxygen atoms in total. The molecule has 0 unspecified atom stereocenters. The largest absolute Gasteiger partial charge is 0.443 e. The van der Waals surface area contributed by atoms with Gasteiger partial charge in [0.05, 0.1) is 22.4 Å².